The van der Waals surface area contributed by atoms with Crippen molar-refractivity contribution < 1.29 is 5.11 Å². The van der Waals surface area contributed by atoms with Crippen LogP contribution in [0.1, 0.15) is 25.0 Å². The van der Waals surface area contributed by atoms with Crippen LogP contribution in [0.25, 0.3) is 10.8 Å². The third-order valence-electron chi connectivity index (χ3n) is 2.75. The lowest BCUT2D eigenvalue weighted by Gasteiger charge is -2.13. The zero-order valence-corrected chi connectivity index (χ0v) is 8.77. The highest BCUT2D eigenvalue weighted by molar-refractivity contribution is 5.94. The van der Waals surface area contributed by atoms with Crippen molar-refractivity contribution in [1.29, 1.82) is 0 Å². The van der Waals surface area contributed by atoms with Crippen molar-refractivity contribution in [3.05, 3.63) is 42.0 Å². The molecule has 0 aliphatic carbocycles. The number of aliphatic hydroxyl groups is 1. The number of hydrogen-bond acceptors (Lipinski definition) is 2. The number of anilines is 1. The molecule has 1 atom stereocenters. The molecule has 0 aromatic heterocycles. The molecule has 0 aliphatic heterocycles. The SMILES string of the molecule is CCC(O)c1ccc2ccccc2c1N. The Bertz CT molecular complexity index is 479. The average molecular weight is 201 g/mol. The van der Waals surface area contributed by atoms with Crippen molar-refractivity contribution in [2.24, 2.45) is 0 Å². The molecule has 78 valence electrons. The van der Waals surface area contributed by atoms with Gasteiger partial charge >= 0.3 is 0 Å². The van der Waals surface area contributed by atoms with E-state index in [9.17, 15) is 5.11 Å². The summed E-state index contributed by atoms with van der Waals surface area (Å²) >= 11 is 0. The number of fused-ring (bicyclic) bond motifs is 1. The minimum absolute atomic E-state index is 0.463. The van der Waals surface area contributed by atoms with Crippen molar-refractivity contribution in [3.63, 3.8) is 0 Å². The first-order valence-electron chi connectivity index (χ1n) is 5.19. The van der Waals surface area contributed by atoms with E-state index in [-0.39, 0.29) is 0 Å². The van der Waals surface area contributed by atoms with Crippen LogP contribution in [0.5, 0.6) is 0 Å². The molecule has 0 saturated carbocycles. The largest absolute Gasteiger partial charge is 0.398 e. The van der Waals surface area contributed by atoms with Crippen molar-refractivity contribution in [1.82, 2.24) is 0 Å². The van der Waals surface area contributed by atoms with Gasteiger partial charge in [0.2, 0.25) is 0 Å². The molecule has 0 spiro atoms. The Morgan fingerprint density at radius 1 is 1.20 bits per heavy atom. The molecule has 0 amide bonds. The highest BCUT2D eigenvalue weighted by atomic mass is 16.3. The monoisotopic (exact) mass is 201 g/mol. The maximum absolute atomic E-state index is 9.79. The normalized spacial score (nSPS) is 12.9. The van der Waals surface area contributed by atoms with E-state index < -0.39 is 6.10 Å². The Morgan fingerprint density at radius 3 is 2.67 bits per heavy atom. The van der Waals surface area contributed by atoms with Gasteiger partial charge in [0.05, 0.1) is 6.10 Å². The van der Waals surface area contributed by atoms with E-state index in [1.54, 1.807) is 0 Å². The minimum atomic E-state index is -0.463. The molecule has 0 heterocycles. The summed E-state index contributed by atoms with van der Waals surface area (Å²) in [6.45, 7) is 1.94. The van der Waals surface area contributed by atoms with E-state index in [2.05, 4.69) is 0 Å². The molecule has 2 rings (SSSR count). The third kappa shape index (κ3) is 1.68. The fraction of sp³-hybridized carbons (Fsp3) is 0.231. The van der Waals surface area contributed by atoms with Gasteiger partial charge < -0.3 is 10.8 Å². The standard InChI is InChI=1S/C13H15NO/c1-2-12(15)11-8-7-9-5-3-4-6-10(9)13(11)14/h3-8,12,15H,2,14H2,1H3. The van der Waals surface area contributed by atoms with E-state index in [1.165, 1.54) is 0 Å². The fourth-order valence-electron chi connectivity index (χ4n) is 1.82. The molecule has 2 aromatic rings. The molecule has 0 fully saturated rings. The van der Waals surface area contributed by atoms with Crippen LogP contribution in [0.15, 0.2) is 36.4 Å². The summed E-state index contributed by atoms with van der Waals surface area (Å²) in [5.74, 6) is 0. The highest BCUT2D eigenvalue weighted by Gasteiger charge is 2.10. The Hall–Kier alpha value is -1.54. The van der Waals surface area contributed by atoms with E-state index >= 15 is 0 Å². The first-order chi connectivity index (χ1) is 7.24. The van der Waals surface area contributed by atoms with Gasteiger partial charge in [0, 0.05) is 16.6 Å². The second-order valence-electron chi connectivity index (χ2n) is 3.71. The Kier molecular flexibility index (Phi) is 2.60. The number of aliphatic hydroxyl groups excluding tert-OH is 1. The predicted octanol–water partition coefficient (Wildman–Crippen LogP) is 2.87. The summed E-state index contributed by atoms with van der Waals surface area (Å²) in [6.07, 6.45) is 0.220. The predicted molar refractivity (Wildman–Crippen MR) is 63.6 cm³/mol. The number of hydrogen-bond donors (Lipinski definition) is 2. The van der Waals surface area contributed by atoms with Crippen LogP contribution in [0.3, 0.4) is 0 Å². The maximum Gasteiger partial charge on any atom is 0.0807 e. The fourth-order valence-corrected chi connectivity index (χ4v) is 1.82. The molecule has 2 heteroatoms. The number of nitrogen functional groups attached to an aromatic ring is 1. The van der Waals surface area contributed by atoms with Gasteiger partial charge in [-0.05, 0) is 11.8 Å². The van der Waals surface area contributed by atoms with Gasteiger partial charge in [-0.3, -0.25) is 0 Å². The molecule has 2 aromatic carbocycles. The quantitative estimate of drug-likeness (QED) is 0.734. The second kappa shape index (κ2) is 3.91. The lowest BCUT2D eigenvalue weighted by molar-refractivity contribution is 0.174. The first-order valence-corrected chi connectivity index (χ1v) is 5.19. The van der Waals surface area contributed by atoms with Gasteiger partial charge in [-0.25, -0.2) is 0 Å². The molecule has 0 aliphatic rings. The van der Waals surface area contributed by atoms with E-state index in [0.717, 1.165) is 16.3 Å². The second-order valence-corrected chi connectivity index (χ2v) is 3.71. The summed E-state index contributed by atoms with van der Waals surface area (Å²) in [6, 6.07) is 11.9. The van der Waals surface area contributed by atoms with Crippen LogP contribution in [-0.4, -0.2) is 5.11 Å². The summed E-state index contributed by atoms with van der Waals surface area (Å²) in [5.41, 5.74) is 7.56. The van der Waals surface area contributed by atoms with Gasteiger partial charge in [0.1, 0.15) is 0 Å². The minimum Gasteiger partial charge on any atom is -0.398 e. The van der Waals surface area contributed by atoms with Crippen LogP contribution in [-0.2, 0) is 0 Å². The van der Waals surface area contributed by atoms with Gasteiger partial charge in [-0.1, -0.05) is 43.3 Å². The molecule has 3 N–H and O–H groups in total. The number of rotatable bonds is 2. The Labute approximate surface area is 89.3 Å². The van der Waals surface area contributed by atoms with Crippen LogP contribution >= 0.6 is 0 Å². The Morgan fingerprint density at radius 2 is 1.93 bits per heavy atom. The zero-order valence-electron chi connectivity index (χ0n) is 8.77. The number of benzene rings is 2. The molecule has 15 heavy (non-hydrogen) atoms. The van der Waals surface area contributed by atoms with E-state index in [1.807, 2.05) is 43.3 Å². The van der Waals surface area contributed by atoms with Gasteiger partial charge in [-0.15, -0.1) is 0 Å². The zero-order chi connectivity index (χ0) is 10.8. The number of nitrogens with two attached hydrogens (primary N) is 1. The van der Waals surface area contributed by atoms with Crippen LogP contribution in [0.4, 0.5) is 5.69 Å². The molecule has 0 bridgehead atoms. The molecular weight excluding hydrogens is 186 g/mol. The molecular formula is C13H15NO. The molecule has 0 radical (unpaired) electrons. The summed E-state index contributed by atoms with van der Waals surface area (Å²) < 4.78 is 0. The van der Waals surface area contributed by atoms with Crippen molar-refractivity contribution in [3.8, 4) is 0 Å². The lowest BCUT2D eigenvalue weighted by Crippen LogP contribution is -2.01. The molecule has 0 saturated heterocycles. The van der Waals surface area contributed by atoms with Crippen molar-refractivity contribution in [2.45, 2.75) is 19.4 Å². The van der Waals surface area contributed by atoms with Crippen LogP contribution < -0.4 is 5.73 Å². The molecule has 2 nitrogen and oxygen atoms in total. The first kappa shape index (κ1) is 9.99. The smallest absolute Gasteiger partial charge is 0.0807 e. The van der Waals surface area contributed by atoms with Gasteiger partial charge in [0.15, 0.2) is 0 Å². The van der Waals surface area contributed by atoms with Crippen molar-refractivity contribution in [2.75, 3.05) is 5.73 Å². The third-order valence-corrected chi connectivity index (χ3v) is 2.75. The highest BCUT2D eigenvalue weighted by Crippen LogP contribution is 2.29. The van der Waals surface area contributed by atoms with Crippen LogP contribution in [0, 0.1) is 0 Å². The van der Waals surface area contributed by atoms with E-state index in [0.29, 0.717) is 12.1 Å². The average Bonchev–Trinajstić information content (AvgIpc) is 2.29. The van der Waals surface area contributed by atoms with Gasteiger partial charge in [-0.2, -0.15) is 0 Å². The topological polar surface area (TPSA) is 46.2 Å². The summed E-state index contributed by atoms with van der Waals surface area (Å²) in [4.78, 5) is 0. The summed E-state index contributed by atoms with van der Waals surface area (Å²) in [5, 5.41) is 11.9. The van der Waals surface area contributed by atoms with Gasteiger partial charge in [0.25, 0.3) is 0 Å². The Balaban J connectivity index is 2.65. The summed E-state index contributed by atoms with van der Waals surface area (Å²) in [7, 11) is 0. The lowest BCUT2D eigenvalue weighted by atomic mass is 9.99. The maximum atomic E-state index is 9.79. The molecule has 1 unspecified atom stereocenters. The van der Waals surface area contributed by atoms with Crippen LogP contribution in [0.2, 0.25) is 0 Å². The van der Waals surface area contributed by atoms with E-state index in [4.69, 9.17) is 5.73 Å². The van der Waals surface area contributed by atoms with Crippen molar-refractivity contribution >= 4 is 16.5 Å².